The summed E-state index contributed by atoms with van der Waals surface area (Å²) in [5.74, 6) is -1.13. The van der Waals surface area contributed by atoms with Crippen LogP contribution < -0.4 is 5.32 Å². The molecule has 7 heteroatoms. The average Bonchev–Trinajstić information content (AvgIpc) is 2.81. The van der Waals surface area contributed by atoms with Gasteiger partial charge in [-0.05, 0) is 42.8 Å². The highest BCUT2D eigenvalue weighted by Crippen LogP contribution is 2.26. The van der Waals surface area contributed by atoms with E-state index < -0.39 is 5.91 Å². The molecular weight excluding hydrogens is 363 g/mol. The van der Waals surface area contributed by atoms with E-state index in [0.29, 0.717) is 21.2 Å². The molecular formula is C18H14Cl2N2O3. The molecule has 1 N–H and O–H groups in total. The van der Waals surface area contributed by atoms with Crippen LogP contribution in [0.3, 0.4) is 0 Å². The minimum atomic E-state index is -0.410. The van der Waals surface area contributed by atoms with Crippen molar-refractivity contribution in [2.45, 2.75) is 13.0 Å². The first-order chi connectivity index (χ1) is 11.8. The molecule has 0 spiro atoms. The van der Waals surface area contributed by atoms with Gasteiger partial charge in [-0.1, -0.05) is 29.3 Å². The van der Waals surface area contributed by atoms with E-state index >= 15 is 0 Å². The van der Waals surface area contributed by atoms with Gasteiger partial charge in [-0.25, -0.2) is 0 Å². The summed E-state index contributed by atoms with van der Waals surface area (Å²) < 4.78 is 0. The summed E-state index contributed by atoms with van der Waals surface area (Å²) in [7, 11) is 1.41. The lowest BCUT2D eigenvalue weighted by atomic mass is 10.0. The zero-order valence-corrected chi connectivity index (χ0v) is 15.0. The number of carbonyl (C=O) groups is 3. The van der Waals surface area contributed by atoms with Gasteiger partial charge < -0.3 is 5.32 Å². The van der Waals surface area contributed by atoms with Gasteiger partial charge in [0.15, 0.2) is 0 Å². The van der Waals surface area contributed by atoms with Crippen LogP contribution in [0.5, 0.6) is 0 Å². The van der Waals surface area contributed by atoms with Crippen molar-refractivity contribution in [2.24, 2.45) is 0 Å². The van der Waals surface area contributed by atoms with Crippen molar-refractivity contribution in [1.29, 1.82) is 0 Å². The standard InChI is InChI=1S/C18H14Cl2N2O3/c1-9(10-4-6-14(19)15(20)8-10)21-16(23)11-3-5-12-13(7-11)18(25)22(2)17(12)24/h3-9H,1-2H3,(H,21,23). The number of nitrogens with zero attached hydrogens (tertiary/aromatic N) is 1. The maximum atomic E-state index is 12.5. The van der Waals surface area contributed by atoms with Crippen LogP contribution in [0.25, 0.3) is 0 Å². The van der Waals surface area contributed by atoms with Crippen molar-refractivity contribution in [1.82, 2.24) is 10.2 Å². The number of fused-ring (bicyclic) bond motifs is 1. The third kappa shape index (κ3) is 3.13. The van der Waals surface area contributed by atoms with Gasteiger partial charge in [0.25, 0.3) is 17.7 Å². The number of halogens is 2. The molecule has 0 bridgehead atoms. The first-order valence-corrected chi connectivity index (χ1v) is 8.27. The predicted molar refractivity (Wildman–Crippen MR) is 95.2 cm³/mol. The van der Waals surface area contributed by atoms with Crippen LogP contribution in [0.4, 0.5) is 0 Å². The lowest BCUT2D eigenvalue weighted by molar-refractivity contribution is 0.0693. The quantitative estimate of drug-likeness (QED) is 0.830. The van der Waals surface area contributed by atoms with Crippen LogP contribution in [0, 0.1) is 0 Å². The lowest BCUT2D eigenvalue weighted by Gasteiger charge is -2.15. The van der Waals surface area contributed by atoms with Gasteiger partial charge in [0.2, 0.25) is 0 Å². The van der Waals surface area contributed by atoms with E-state index in [-0.39, 0.29) is 23.4 Å². The molecule has 0 saturated carbocycles. The highest BCUT2D eigenvalue weighted by atomic mass is 35.5. The smallest absolute Gasteiger partial charge is 0.261 e. The van der Waals surface area contributed by atoms with Gasteiger partial charge in [-0.3, -0.25) is 19.3 Å². The topological polar surface area (TPSA) is 66.5 Å². The zero-order valence-electron chi connectivity index (χ0n) is 13.5. The number of carbonyl (C=O) groups excluding carboxylic acids is 3. The monoisotopic (exact) mass is 376 g/mol. The van der Waals surface area contributed by atoms with Crippen molar-refractivity contribution in [3.8, 4) is 0 Å². The largest absolute Gasteiger partial charge is 0.346 e. The Morgan fingerprint density at radius 2 is 1.68 bits per heavy atom. The Kier molecular flexibility index (Phi) is 4.54. The van der Waals surface area contributed by atoms with Gasteiger partial charge in [-0.15, -0.1) is 0 Å². The van der Waals surface area contributed by atoms with Gasteiger partial charge in [0.05, 0.1) is 27.2 Å². The Morgan fingerprint density at radius 3 is 2.36 bits per heavy atom. The highest BCUT2D eigenvalue weighted by molar-refractivity contribution is 6.42. The van der Waals surface area contributed by atoms with Gasteiger partial charge in [0.1, 0.15) is 0 Å². The van der Waals surface area contributed by atoms with Crippen molar-refractivity contribution >= 4 is 40.9 Å². The summed E-state index contributed by atoms with van der Waals surface area (Å²) in [5.41, 5.74) is 1.65. The van der Waals surface area contributed by atoms with E-state index in [2.05, 4.69) is 5.32 Å². The van der Waals surface area contributed by atoms with Crippen LogP contribution in [-0.4, -0.2) is 29.7 Å². The second-order valence-electron chi connectivity index (χ2n) is 5.80. The molecule has 1 aliphatic rings. The van der Waals surface area contributed by atoms with E-state index in [1.54, 1.807) is 18.2 Å². The molecule has 0 radical (unpaired) electrons. The first kappa shape index (κ1) is 17.5. The van der Waals surface area contributed by atoms with Gasteiger partial charge in [0, 0.05) is 12.6 Å². The SMILES string of the molecule is CC(NC(=O)c1ccc2c(c1)C(=O)N(C)C2=O)c1ccc(Cl)c(Cl)c1. The molecule has 1 unspecified atom stereocenters. The van der Waals surface area contributed by atoms with Crippen LogP contribution in [0.1, 0.15) is 49.6 Å². The maximum Gasteiger partial charge on any atom is 0.261 e. The lowest BCUT2D eigenvalue weighted by Crippen LogP contribution is -2.27. The molecule has 0 aromatic heterocycles. The second-order valence-corrected chi connectivity index (χ2v) is 6.61. The maximum absolute atomic E-state index is 12.5. The molecule has 0 aliphatic carbocycles. The van der Waals surface area contributed by atoms with E-state index in [1.807, 2.05) is 6.92 Å². The number of amides is 3. The molecule has 5 nitrogen and oxygen atoms in total. The van der Waals surface area contributed by atoms with Crippen molar-refractivity contribution in [2.75, 3.05) is 7.05 Å². The minimum Gasteiger partial charge on any atom is -0.346 e. The first-order valence-electron chi connectivity index (χ1n) is 7.52. The second kappa shape index (κ2) is 6.50. The number of benzene rings is 2. The van der Waals surface area contributed by atoms with E-state index in [1.165, 1.54) is 25.2 Å². The van der Waals surface area contributed by atoms with Crippen LogP contribution >= 0.6 is 23.2 Å². The fraction of sp³-hybridized carbons (Fsp3) is 0.167. The van der Waals surface area contributed by atoms with Crippen molar-refractivity contribution in [3.05, 3.63) is 68.7 Å². The molecule has 25 heavy (non-hydrogen) atoms. The minimum absolute atomic E-state index is 0.238. The number of hydrogen-bond acceptors (Lipinski definition) is 3. The molecule has 2 aromatic carbocycles. The number of imide groups is 1. The van der Waals surface area contributed by atoms with E-state index in [9.17, 15) is 14.4 Å². The Bertz CT molecular complexity index is 911. The Hall–Kier alpha value is -2.37. The van der Waals surface area contributed by atoms with Crippen LogP contribution in [-0.2, 0) is 0 Å². The van der Waals surface area contributed by atoms with Crippen molar-refractivity contribution in [3.63, 3.8) is 0 Å². The zero-order chi connectivity index (χ0) is 18.3. The third-order valence-corrected chi connectivity index (χ3v) is 4.88. The average molecular weight is 377 g/mol. The number of rotatable bonds is 3. The molecule has 3 amide bonds. The third-order valence-electron chi connectivity index (χ3n) is 4.14. The summed E-state index contributed by atoms with van der Waals surface area (Å²) >= 11 is 11.9. The van der Waals surface area contributed by atoms with E-state index in [4.69, 9.17) is 23.2 Å². The molecule has 128 valence electrons. The summed E-state index contributed by atoms with van der Waals surface area (Å²) in [5, 5.41) is 3.68. The Morgan fingerprint density at radius 1 is 1.00 bits per heavy atom. The molecule has 0 fully saturated rings. The summed E-state index contributed by atoms with van der Waals surface area (Å²) in [6.45, 7) is 1.81. The summed E-state index contributed by atoms with van der Waals surface area (Å²) in [4.78, 5) is 37.4. The van der Waals surface area contributed by atoms with Gasteiger partial charge >= 0.3 is 0 Å². The Balaban J connectivity index is 1.81. The molecule has 2 aromatic rings. The molecule has 1 heterocycles. The summed E-state index contributed by atoms with van der Waals surface area (Å²) in [6, 6.07) is 9.29. The predicted octanol–water partition coefficient (Wildman–Crippen LogP) is 3.71. The summed E-state index contributed by atoms with van der Waals surface area (Å²) in [6.07, 6.45) is 0. The van der Waals surface area contributed by atoms with Crippen LogP contribution in [0.2, 0.25) is 10.0 Å². The fourth-order valence-electron chi connectivity index (χ4n) is 2.65. The normalized spacial score (nSPS) is 14.5. The number of hydrogen-bond donors (Lipinski definition) is 1. The number of nitrogens with one attached hydrogen (secondary N) is 1. The molecule has 1 aliphatic heterocycles. The van der Waals surface area contributed by atoms with Gasteiger partial charge in [-0.2, -0.15) is 0 Å². The molecule has 3 rings (SSSR count). The Labute approximate surface area is 154 Å². The molecule has 0 saturated heterocycles. The fourth-order valence-corrected chi connectivity index (χ4v) is 2.95. The van der Waals surface area contributed by atoms with E-state index in [0.717, 1.165) is 10.5 Å². The molecule has 1 atom stereocenters. The highest BCUT2D eigenvalue weighted by Gasteiger charge is 2.33. The van der Waals surface area contributed by atoms with Crippen LogP contribution in [0.15, 0.2) is 36.4 Å². The van der Waals surface area contributed by atoms with Crippen molar-refractivity contribution < 1.29 is 14.4 Å².